The third-order valence-corrected chi connectivity index (χ3v) is 6.00. The summed E-state index contributed by atoms with van der Waals surface area (Å²) in [6.45, 7) is 0. The molecule has 0 aromatic rings. The molecule has 74 valence electrons. The van der Waals surface area contributed by atoms with Crippen LogP contribution in [0.2, 0.25) is 0 Å². The zero-order valence-corrected chi connectivity index (χ0v) is 10.3. The number of rotatable bonds is 0. The number of allylic oxidation sites excluding steroid dienone is 2. The van der Waals surface area contributed by atoms with Gasteiger partial charge in [0.2, 0.25) is 11.8 Å². The average Bonchev–Trinajstić information content (AvgIpc) is 2.60. The lowest BCUT2D eigenvalue weighted by molar-refractivity contribution is -0.159. The summed E-state index contributed by atoms with van der Waals surface area (Å²) in [7, 11) is 0. The van der Waals surface area contributed by atoms with E-state index in [-0.39, 0.29) is 23.7 Å². The Balaban J connectivity index is 2.20. The molecule has 0 aromatic heterocycles. The molecule has 0 radical (unpaired) electrons. The SMILES string of the molecule is O=C1NC(=O)C12C1C=CC(C1)C2(Br)Br. The predicted octanol–water partition coefficient (Wildman–Crippen LogP) is 1.32. The molecular weight excluding hydrogens is 314 g/mol. The summed E-state index contributed by atoms with van der Waals surface area (Å²) in [5, 5.41) is 2.31. The Morgan fingerprint density at radius 3 is 2.14 bits per heavy atom. The number of fused-ring (bicyclic) bond motifs is 3. The Kier molecular flexibility index (Phi) is 1.51. The summed E-state index contributed by atoms with van der Waals surface area (Å²) in [6, 6.07) is 0. The molecule has 14 heavy (non-hydrogen) atoms. The number of nitrogens with one attached hydrogen (secondary N) is 1. The van der Waals surface area contributed by atoms with E-state index in [0.717, 1.165) is 6.42 Å². The van der Waals surface area contributed by atoms with Crippen LogP contribution in [-0.4, -0.2) is 15.0 Å². The Bertz CT molecular complexity index is 374. The smallest absolute Gasteiger partial charge is 0.245 e. The maximum absolute atomic E-state index is 11.6. The van der Waals surface area contributed by atoms with E-state index >= 15 is 0 Å². The number of β-lactam (4-membered cyclic amide) rings is 2. The van der Waals surface area contributed by atoms with Crippen molar-refractivity contribution in [2.75, 3.05) is 0 Å². The van der Waals surface area contributed by atoms with Crippen molar-refractivity contribution >= 4 is 43.7 Å². The summed E-state index contributed by atoms with van der Waals surface area (Å²) >= 11 is 7.00. The lowest BCUT2D eigenvalue weighted by Gasteiger charge is -2.47. The van der Waals surface area contributed by atoms with Crippen molar-refractivity contribution in [1.82, 2.24) is 5.32 Å². The fourth-order valence-electron chi connectivity index (χ4n) is 2.81. The van der Waals surface area contributed by atoms with E-state index < -0.39 is 8.65 Å². The fourth-order valence-corrected chi connectivity index (χ4v) is 4.80. The van der Waals surface area contributed by atoms with Gasteiger partial charge >= 0.3 is 0 Å². The maximum atomic E-state index is 11.6. The highest BCUT2D eigenvalue weighted by Crippen LogP contribution is 2.67. The van der Waals surface area contributed by atoms with Gasteiger partial charge in [0.1, 0.15) is 3.23 Å². The van der Waals surface area contributed by atoms with Gasteiger partial charge in [-0.15, -0.1) is 0 Å². The van der Waals surface area contributed by atoms with Crippen molar-refractivity contribution in [2.45, 2.75) is 9.65 Å². The molecule has 1 heterocycles. The molecule has 2 atom stereocenters. The first kappa shape index (κ1) is 9.09. The van der Waals surface area contributed by atoms with Gasteiger partial charge < -0.3 is 0 Å². The van der Waals surface area contributed by atoms with Crippen LogP contribution in [0.5, 0.6) is 0 Å². The van der Waals surface area contributed by atoms with Gasteiger partial charge in [-0.2, -0.15) is 0 Å². The predicted molar refractivity (Wildman–Crippen MR) is 56.9 cm³/mol. The number of carbonyl (C=O) groups is 2. The first-order valence-electron chi connectivity index (χ1n) is 4.43. The highest BCUT2D eigenvalue weighted by atomic mass is 79.9. The van der Waals surface area contributed by atoms with Crippen molar-refractivity contribution in [2.24, 2.45) is 17.3 Å². The molecule has 2 aliphatic carbocycles. The highest BCUT2D eigenvalue weighted by Gasteiger charge is 2.76. The topological polar surface area (TPSA) is 46.2 Å². The fraction of sp³-hybridized carbons (Fsp3) is 0.556. The number of imide groups is 1. The van der Waals surface area contributed by atoms with E-state index in [9.17, 15) is 9.59 Å². The van der Waals surface area contributed by atoms with Crippen molar-refractivity contribution in [1.29, 1.82) is 0 Å². The number of amides is 2. The van der Waals surface area contributed by atoms with Crippen LogP contribution in [0.25, 0.3) is 0 Å². The molecule has 1 spiro atoms. The molecule has 3 rings (SSSR count). The number of halogens is 2. The van der Waals surface area contributed by atoms with Crippen LogP contribution >= 0.6 is 31.9 Å². The van der Waals surface area contributed by atoms with Crippen molar-refractivity contribution < 1.29 is 9.59 Å². The first-order valence-corrected chi connectivity index (χ1v) is 6.02. The number of hydrogen-bond donors (Lipinski definition) is 1. The van der Waals surface area contributed by atoms with Gasteiger partial charge in [-0.3, -0.25) is 14.9 Å². The highest BCUT2D eigenvalue weighted by molar-refractivity contribution is 9.25. The maximum Gasteiger partial charge on any atom is 0.245 e. The molecule has 0 aromatic carbocycles. The van der Waals surface area contributed by atoms with Gasteiger partial charge in [-0.1, -0.05) is 44.0 Å². The molecular formula is C9H7Br2NO2. The molecule has 1 saturated carbocycles. The molecule has 1 N–H and O–H groups in total. The Morgan fingerprint density at radius 1 is 1.21 bits per heavy atom. The van der Waals surface area contributed by atoms with Crippen LogP contribution in [0.1, 0.15) is 6.42 Å². The van der Waals surface area contributed by atoms with Gasteiger partial charge in [0.25, 0.3) is 0 Å². The summed E-state index contributed by atoms with van der Waals surface area (Å²) in [6.07, 6.45) is 4.93. The van der Waals surface area contributed by atoms with Crippen LogP contribution in [0.4, 0.5) is 0 Å². The summed E-state index contributed by atoms with van der Waals surface area (Å²) in [4.78, 5) is 23.3. The molecule has 2 fully saturated rings. The van der Waals surface area contributed by atoms with Gasteiger partial charge in [0.05, 0.1) is 0 Å². The number of hydrogen-bond acceptors (Lipinski definition) is 2. The number of alkyl halides is 2. The van der Waals surface area contributed by atoms with Crippen LogP contribution in [0, 0.1) is 17.3 Å². The molecule has 3 aliphatic rings. The normalized spacial score (nSPS) is 40.1. The van der Waals surface area contributed by atoms with Crippen molar-refractivity contribution in [3.63, 3.8) is 0 Å². The van der Waals surface area contributed by atoms with Crippen LogP contribution in [-0.2, 0) is 9.59 Å². The van der Waals surface area contributed by atoms with Gasteiger partial charge in [0.15, 0.2) is 5.41 Å². The van der Waals surface area contributed by atoms with E-state index in [2.05, 4.69) is 43.3 Å². The zero-order valence-electron chi connectivity index (χ0n) is 7.09. The van der Waals surface area contributed by atoms with E-state index in [1.165, 1.54) is 0 Å². The van der Waals surface area contributed by atoms with Crippen molar-refractivity contribution in [3.05, 3.63) is 12.2 Å². The quantitative estimate of drug-likeness (QED) is 0.317. The summed E-state index contributed by atoms with van der Waals surface area (Å²) < 4.78 is -0.578. The molecule has 2 unspecified atom stereocenters. The molecule has 5 heteroatoms. The monoisotopic (exact) mass is 319 g/mol. The third-order valence-electron chi connectivity index (χ3n) is 3.57. The second kappa shape index (κ2) is 2.32. The standard InChI is InChI=1S/C9H7Br2NO2/c10-9(11)5-2-1-4(3-5)8(9)6(13)12-7(8)14/h1-2,4-5H,3H2,(H,12,13,14). The van der Waals surface area contributed by atoms with E-state index in [0.29, 0.717) is 0 Å². The molecule has 1 saturated heterocycles. The molecule has 3 nitrogen and oxygen atoms in total. The Labute approximate surface area is 97.6 Å². The van der Waals surface area contributed by atoms with Gasteiger partial charge in [-0.05, 0) is 6.42 Å². The van der Waals surface area contributed by atoms with Crippen molar-refractivity contribution in [3.8, 4) is 0 Å². The lowest BCUT2D eigenvalue weighted by atomic mass is 9.69. The van der Waals surface area contributed by atoms with E-state index in [1.807, 2.05) is 6.08 Å². The Hall–Kier alpha value is -0.160. The molecule has 2 amide bonds. The van der Waals surface area contributed by atoms with Gasteiger partial charge in [-0.25, -0.2) is 0 Å². The average molecular weight is 321 g/mol. The molecule has 1 aliphatic heterocycles. The summed E-state index contributed by atoms with van der Waals surface area (Å²) in [5.41, 5.74) is -0.896. The molecule has 2 bridgehead atoms. The number of carbonyl (C=O) groups excluding carboxylic acids is 2. The minimum atomic E-state index is -0.896. The van der Waals surface area contributed by atoms with Gasteiger partial charge in [0, 0.05) is 11.8 Å². The second-order valence-electron chi connectivity index (χ2n) is 4.05. The van der Waals surface area contributed by atoms with E-state index in [1.54, 1.807) is 0 Å². The zero-order chi connectivity index (χ0) is 10.1. The second-order valence-corrected chi connectivity index (χ2v) is 7.61. The summed E-state index contributed by atoms with van der Waals surface area (Å²) in [5.74, 6) is -0.0452. The minimum Gasteiger partial charge on any atom is -0.294 e. The lowest BCUT2D eigenvalue weighted by Crippen LogP contribution is -2.72. The van der Waals surface area contributed by atoms with Crippen LogP contribution < -0.4 is 5.32 Å². The van der Waals surface area contributed by atoms with E-state index in [4.69, 9.17) is 0 Å². The van der Waals surface area contributed by atoms with Crippen LogP contribution in [0.3, 0.4) is 0 Å². The Morgan fingerprint density at radius 2 is 1.79 bits per heavy atom. The minimum absolute atomic E-state index is 0.0486. The largest absolute Gasteiger partial charge is 0.294 e. The van der Waals surface area contributed by atoms with Crippen LogP contribution in [0.15, 0.2) is 12.2 Å². The third kappa shape index (κ3) is 0.662. The first-order chi connectivity index (χ1) is 6.51.